The molecule has 1 heterocycles. The highest BCUT2D eigenvalue weighted by atomic mass is 127. The molecule has 0 saturated heterocycles. The highest BCUT2D eigenvalue weighted by Gasteiger charge is 2.43. The summed E-state index contributed by atoms with van der Waals surface area (Å²) >= 11 is 2.11. The fourth-order valence-electron chi connectivity index (χ4n) is 2.95. The highest BCUT2D eigenvalue weighted by molar-refractivity contribution is 14.1. The summed E-state index contributed by atoms with van der Waals surface area (Å²) in [7, 11) is -0.903. The van der Waals surface area contributed by atoms with Crippen molar-refractivity contribution in [2.24, 2.45) is 0 Å². The SMILES string of the molecule is FC(F)(F)c1ccc2c(c1)Oc1cc(C(F)(F)F)ccc1[S+]2c1cccc(I)c1. The van der Waals surface area contributed by atoms with Gasteiger partial charge in [-0.3, -0.25) is 0 Å². The topological polar surface area (TPSA) is 9.23 Å². The number of fused-ring (bicyclic) bond motifs is 2. The second-order valence-corrected chi connectivity index (χ2v) is 9.39. The molecule has 9 heteroatoms. The van der Waals surface area contributed by atoms with E-state index in [9.17, 15) is 26.3 Å². The third kappa shape index (κ3) is 3.94. The molecule has 0 radical (unpaired) electrons. The van der Waals surface area contributed by atoms with Crippen LogP contribution in [0.4, 0.5) is 26.3 Å². The van der Waals surface area contributed by atoms with Gasteiger partial charge in [-0.2, -0.15) is 26.3 Å². The maximum absolute atomic E-state index is 13.1. The van der Waals surface area contributed by atoms with Gasteiger partial charge in [0.05, 0.1) is 11.1 Å². The first kappa shape index (κ1) is 20.4. The summed E-state index contributed by atoms with van der Waals surface area (Å²) in [6.07, 6.45) is -9.18. The van der Waals surface area contributed by atoms with Crippen LogP contribution in [-0.2, 0) is 23.2 Å². The van der Waals surface area contributed by atoms with Crippen LogP contribution >= 0.6 is 22.6 Å². The van der Waals surface area contributed by atoms with Crippen molar-refractivity contribution in [1.29, 1.82) is 0 Å². The number of hydrogen-bond donors (Lipinski definition) is 0. The third-order valence-corrected chi connectivity index (χ3v) is 7.18. The van der Waals surface area contributed by atoms with Crippen molar-refractivity contribution < 1.29 is 31.1 Å². The Kier molecular flexibility index (Phi) is 5.01. The molecule has 4 rings (SSSR count). The van der Waals surface area contributed by atoms with Gasteiger partial charge < -0.3 is 4.74 Å². The second kappa shape index (κ2) is 7.12. The van der Waals surface area contributed by atoms with E-state index < -0.39 is 34.4 Å². The predicted molar refractivity (Wildman–Crippen MR) is 104 cm³/mol. The van der Waals surface area contributed by atoms with Crippen LogP contribution in [0, 0.1) is 3.57 Å². The Morgan fingerprint density at radius 2 is 1.21 bits per heavy atom. The quantitative estimate of drug-likeness (QED) is 0.138. The van der Waals surface area contributed by atoms with Crippen molar-refractivity contribution in [3.8, 4) is 11.5 Å². The van der Waals surface area contributed by atoms with Gasteiger partial charge >= 0.3 is 12.4 Å². The van der Waals surface area contributed by atoms with Crippen molar-refractivity contribution >= 4 is 33.5 Å². The fourth-order valence-corrected chi connectivity index (χ4v) is 5.92. The molecule has 0 aromatic heterocycles. The van der Waals surface area contributed by atoms with Gasteiger partial charge in [0.2, 0.25) is 9.79 Å². The number of hydrogen-bond acceptors (Lipinski definition) is 1. The number of alkyl halides is 6. The van der Waals surface area contributed by atoms with E-state index >= 15 is 0 Å². The zero-order valence-electron chi connectivity index (χ0n) is 14.2. The van der Waals surface area contributed by atoms with Gasteiger partial charge in [-0.25, -0.2) is 0 Å². The molecule has 0 bridgehead atoms. The molecule has 150 valence electrons. The molecule has 1 nitrogen and oxygen atoms in total. The highest BCUT2D eigenvalue weighted by Crippen LogP contribution is 2.49. The number of halogens is 7. The molecule has 0 unspecified atom stereocenters. The lowest BCUT2D eigenvalue weighted by atomic mass is 10.2. The maximum Gasteiger partial charge on any atom is 0.416 e. The number of rotatable bonds is 1. The standard InChI is InChI=1S/C20H10F6IOS/c21-19(22,23)11-4-6-17-15(8-11)28-16-9-12(20(24,25)26)5-7-18(16)29(17)14-3-1-2-13(27)10-14/h1-10H/q+1. The van der Waals surface area contributed by atoms with E-state index in [2.05, 4.69) is 22.6 Å². The molecule has 3 aromatic rings. The van der Waals surface area contributed by atoms with Gasteiger partial charge in [-0.05, 0) is 71.1 Å². The van der Waals surface area contributed by atoms with E-state index in [1.54, 1.807) is 12.1 Å². The minimum absolute atomic E-state index is 0.0890. The summed E-state index contributed by atoms with van der Waals surface area (Å²) in [6.45, 7) is 0. The normalized spacial score (nSPS) is 14.2. The van der Waals surface area contributed by atoms with Gasteiger partial charge in [0.25, 0.3) is 0 Å². The lowest BCUT2D eigenvalue weighted by Gasteiger charge is -2.22. The molecule has 29 heavy (non-hydrogen) atoms. The minimum Gasteiger partial charge on any atom is -0.447 e. The monoisotopic (exact) mass is 539 g/mol. The predicted octanol–water partition coefficient (Wildman–Crippen LogP) is 7.53. The Morgan fingerprint density at radius 3 is 1.66 bits per heavy atom. The Balaban J connectivity index is 1.93. The Hall–Kier alpha value is -1.88. The van der Waals surface area contributed by atoms with Gasteiger partial charge in [-0.15, -0.1) is 0 Å². The van der Waals surface area contributed by atoms with Crippen LogP contribution in [0.25, 0.3) is 0 Å². The van der Waals surface area contributed by atoms with Gasteiger partial charge in [0, 0.05) is 9.64 Å². The number of benzene rings is 3. The zero-order chi connectivity index (χ0) is 21.0. The molecule has 3 aromatic carbocycles. The van der Waals surface area contributed by atoms with Crippen LogP contribution in [0.2, 0.25) is 0 Å². The molecule has 0 fully saturated rings. The largest absolute Gasteiger partial charge is 0.447 e. The van der Waals surface area contributed by atoms with Crippen molar-refractivity contribution in [2.75, 3.05) is 0 Å². The Bertz CT molecular complexity index is 1030. The van der Waals surface area contributed by atoms with E-state index in [-0.39, 0.29) is 11.5 Å². The summed E-state index contributed by atoms with van der Waals surface area (Å²) in [6, 6.07) is 13.6. The minimum atomic E-state index is -4.59. The average molecular weight is 539 g/mol. The first-order valence-corrected chi connectivity index (χ1v) is 10.4. The van der Waals surface area contributed by atoms with Crippen LogP contribution in [0.15, 0.2) is 75.4 Å². The van der Waals surface area contributed by atoms with Crippen LogP contribution in [-0.4, -0.2) is 0 Å². The fraction of sp³-hybridized carbons (Fsp3) is 0.100. The van der Waals surface area contributed by atoms with E-state index in [0.29, 0.717) is 9.79 Å². The van der Waals surface area contributed by atoms with E-state index in [0.717, 1.165) is 32.7 Å². The molecule has 0 N–H and O–H groups in total. The van der Waals surface area contributed by atoms with Crippen LogP contribution in [0.5, 0.6) is 11.5 Å². The van der Waals surface area contributed by atoms with Crippen molar-refractivity contribution in [2.45, 2.75) is 27.0 Å². The maximum atomic E-state index is 13.1. The van der Waals surface area contributed by atoms with Gasteiger partial charge in [0.15, 0.2) is 16.4 Å². The Labute approximate surface area is 178 Å². The first-order chi connectivity index (χ1) is 13.5. The molecule has 0 saturated carbocycles. The van der Waals surface area contributed by atoms with E-state index in [1.165, 1.54) is 12.1 Å². The smallest absolute Gasteiger partial charge is 0.416 e. The Morgan fingerprint density at radius 1 is 0.690 bits per heavy atom. The summed E-state index contributed by atoms with van der Waals surface area (Å²) in [5.74, 6) is -0.178. The van der Waals surface area contributed by atoms with Crippen LogP contribution < -0.4 is 4.74 Å². The molecule has 0 aliphatic carbocycles. The summed E-state index contributed by atoms with van der Waals surface area (Å²) in [5, 5.41) is 0. The molecule has 0 spiro atoms. The van der Waals surface area contributed by atoms with Crippen molar-refractivity contribution in [3.63, 3.8) is 0 Å². The zero-order valence-corrected chi connectivity index (χ0v) is 17.2. The van der Waals surface area contributed by atoms with Crippen LogP contribution in [0.1, 0.15) is 11.1 Å². The first-order valence-electron chi connectivity index (χ1n) is 8.14. The van der Waals surface area contributed by atoms with E-state index in [4.69, 9.17) is 4.74 Å². The summed E-state index contributed by atoms with van der Waals surface area (Å²) in [5.41, 5.74) is -1.84. The summed E-state index contributed by atoms with van der Waals surface area (Å²) in [4.78, 5) is 1.77. The third-order valence-electron chi connectivity index (χ3n) is 4.23. The molecule has 0 atom stereocenters. The molecule has 1 aliphatic heterocycles. The molecular weight excluding hydrogens is 529 g/mol. The van der Waals surface area contributed by atoms with Gasteiger partial charge in [-0.1, -0.05) is 6.07 Å². The molecular formula is C20H10F6IOS+. The molecule has 0 amide bonds. The van der Waals surface area contributed by atoms with Gasteiger partial charge in [0.1, 0.15) is 10.9 Å². The molecule has 1 aliphatic rings. The van der Waals surface area contributed by atoms with Crippen LogP contribution in [0.3, 0.4) is 0 Å². The second-order valence-electron chi connectivity index (χ2n) is 6.18. The van der Waals surface area contributed by atoms with Crippen molar-refractivity contribution in [3.05, 3.63) is 75.4 Å². The van der Waals surface area contributed by atoms with Crippen molar-refractivity contribution in [1.82, 2.24) is 0 Å². The van der Waals surface area contributed by atoms with E-state index in [1.807, 2.05) is 12.1 Å². The average Bonchev–Trinajstić information content (AvgIpc) is 2.63. The summed E-state index contributed by atoms with van der Waals surface area (Å²) < 4.78 is 85.3. The lowest BCUT2D eigenvalue weighted by Crippen LogP contribution is -2.15. The number of ether oxygens (including phenoxy) is 1. The lowest BCUT2D eigenvalue weighted by molar-refractivity contribution is -0.138.